The largest absolute Gasteiger partial charge is 0.385 e. The van der Waals surface area contributed by atoms with Gasteiger partial charge in [0.2, 0.25) is 17.7 Å². The average molecular weight is 531 g/mol. The van der Waals surface area contributed by atoms with Gasteiger partial charge in [0.15, 0.2) is 0 Å². The minimum absolute atomic E-state index is 0.0922. The Hall–Kier alpha value is -4.01. The summed E-state index contributed by atoms with van der Waals surface area (Å²) in [7, 11) is 0. The summed E-state index contributed by atoms with van der Waals surface area (Å²) >= 11 is 0. The summed E-state index contributed by atoms with van der Waals surface area (Å²) in [6.07, 6.45) is 5.42. The number of amides is 5. The smallest absolute Gasteiger partial charge is 0.262 e. The molecule has 2 fully saturated rings. The number of rotatable bonds is 9. The van der Waals surface area contributed by atoms with E-state index in [0.29, 0.717) is 18.9 Å². The van der Waals surface area contributed by atoms with Crippen molar-refractivity contribution in [2.45, 2.75) is 63.3 Å². The molecule has 39 heavy (non-hydrogen) atoms. The Morgan fingerprint density at radius 1 is 0.872 bits per heavy atom. The second-order valence-corrected chi connectivity index (χ2v) is 10.5. The summed E-state index contributed by atoms with van der Waals surface area (Å²) in [5.41, 5.74) is 2.61. The number of unbranched alkanes of at least 4 members (excludes halogenated alkanes) is 2. The van der Waals surface area contributed by atoms with Crippen LogP contribution >= 0.6 is 0 Å². The van der Waals surface area contributed by atoms with Crippen molar-refractivity contribution in [1.82, 2.24) is 15.1 Å². The molecule has 1 unspecified atom stereocenters. The lowest BCUT2D eigenvalue weighted by molar-refractivity contribution is -0.136. The first-order valence-corrected chi connectivity index (χ1v) is 13.8. The number of nitrogens with zero attached hydrogens (tertiary/aromatic N) is 2. The summed E-state index contributed by atoms with van der Waals surface area (Å²) in [5.74, 6) is -1.27. The highest BCUT2D eigenvalue weighted by Crippen LogP contribution is 2.30. The number of imide groups is 2. The topological polar surface area (TPSA) is 116 Å². The molecule has 5 amide bonds. The van der Waals surface area contributed by atoms with E-state index >= 15 is 0 Å². The number of carbonyl (C=O) groups excluding carboxylic acids is 5. The average Bonchev–Trinajstić information content (AvgIpc) is 3.20. The van der Waals surface area contributed by atoms with Crippen LogP contribution in [0.15, 0.2) is 48.5 Å². The molecule has 0 radical (unpaired) electrons. The molecule has 9 heteroatoms. The normalized spacial score (nSPS) is 19.7. The molecule has 2 aromatic rings. The van der Waals surface area contributed by atoms with Gasteiger partial charge < -0.3 is 10.2 Å². The molecule has 0 aromatic heterocycles. The Morgan fingerprint density at radius 3 is 2.36 bits per heavy atom. The van der Waals surface area contributed by atoms with E-state index in [-0.39, 0.29) is 29.9 Å². The minimum atomic E-state index is -0.968. The molecule has 0 spiro atoms. The summed E-state index contributed by atoms with van der Waals surface area (Å²) in [6.45, 7) is 2.31. The molecule has 204 valence electrons. The number of likely N-dealkylation sites (tertiary alicyclic amines) is 1. The molecule has 2 N–H and O–H groups in total. The quantitative estimate of drug-likeness (QED) is 0.379. The van der Waals surface area contributed by atoms with Crippen LogP contribution in [0.3, 0.4) is 0 Å². The van der Waals surface area contributed by atoms with Crippen LogP contribution in [0, 0.1) is 0 Å². The van der Waals surface area contributed by atoms with Gasteiger partial charge in [0.05, 0.1) is 11.1 Å². The number of piperidine rings is 2. The van der Waals surface area contributed by atoms with Crippen molar-refractivity contribution < 1.29 is 24.0 Å². The standard InChI is InChI=1S/C30H34N4O5/c35-26-13-12-25(28(37)32-26)34-29(38)23-11-10-22(19-24(23)30(34)39)31-16-6-2-5-9-27(36)33-17-14-21(15-18-33)20-7-3-1-4-8-20/h1,3-4,7-8,10-11,19,21,25,31H,2,5-6,9,12-18H2,(H,32,35,37). The predicted octanol–water partition coefficient (Wildman–Crippen LogP) is 3.47. The Labute approximate surface area is 227 Å². The number of anilines is 1. The van der Waals surface area contributed by atoms with Crippen LogP contribution in [0.2, 0.25) is 0 Å². The number of hydrogen-bond donors (Lipinski definition) is 2. The summed E-state index contributed by atoms with van der Waals surface area (Å²) in [5, 5.41) is 5.49. The third-order valence-corrected chi connectivity index (χ3v) is 7.95. The molecule has 3 aliphatic rings. The van der Waals surface area contributed by atoms with Gasteiger partial charge in [-0.1, -0.05) is 36.8 Å². The van der Waals surface area contributed by atoms with Crippen LogP contribution < -0.4 is 10.6 Å². The highest BCUT2D eigenvalue weighted by atomic mass is 16.2. The zero-order chi connectivity index (χ0) is 27.4. The van der Waals surface area contributed by atoms with Crippen LogP contribution in [0.1, 0.15) is 83.6 Å². The third-order valence-electron chi connectivity index (χ3n) is 7.95. The van der Waals surface area contributed by atoms with Gasteiger partial charge in [-0.2, -0.15) is 0 Å². The molecule has 3 heterocycles. The zero-order valence-corrected chi connectivity index (χ0v) is 22.0. The molecular formula is C30H34N4O5. The first-order valence-electron chi connectivity index (χ1n) is 13.8. The van der Waals surface area contributed by atoms with E-state index in [1.807, 2.05) is 11.0 Å². The van der Waals surface area contributed by atoms with Crippen LogP contribution in [0.25, 0.3) is 0 Å². The molecule has 2 saturated heterocycles. The Morgan fingerprint density at radius 2 is 1.62 bits per heavy atom. The summed E-state index contributed by atoms with van der Waals surface area (Å²) < 4.78 is 0. The number of fused-ring (bicyclic) bond motifs is 1. The van der Waals surface area contributed by atoms with Crippen molar-refractivity contribution in [3.8, 4) is 0 Å². The monoisotopic (exact) mass is 530 g/mol. The predicted molar refractivity (Wildman–Crippen MR) is 145 cm³/mol. The lowest BCUT2D eigenvalue weighted by Crippen LogP contribution is -2.54. The van der Waals surface area contributed by atoms with Gasteiger partial charge in [0.25, 0.3) is 11.8 Å². The number of hydrogen-bond acceptors (Lipinski definition) is 6. The summed E-state index contributed by atoms with van der Waals surface area (Å²) in [4.78, 5) is 65.0. The third kappa shape index (κ3) is 5.87. The molecular weight excluding hydrogens is 496 g/mol. The Balaban J connectivity index is 1.03. The lowest BCUT2D eigenvalue weighted by Gasteiger charge is -2.32. The van der Waals surface area contributed by atoms with Crippen LogP contribution in [0.5, 0.6) is 0 Å². The van der Waals surface area contributed by atoms with E-state index in [4.69, 9.17) is 0 Å². The van der Waals surface area contributed by atoms with E-state index in [9.17, 15) is 24.0 Å². The van der Waals surface area contributed by atoms with Gasteiger partial charge in [-0.25, -0.2) is 0 Å². The van der Waals surface area contributed by atoms with Gasteiger partial charge >= 0.3 is 0 Å². The fourth-order valence-corrected chi connectivity index (χ4v) is 5.74. The van der Waals surface area contributed by atoms with Crippen molar-refractivity contribution in [2.75, 3.05) is 25.0 Å². The number of carbonyl (C=O) groups is 5. The van der Waals surface area contributed by atoms with Crippen LogP contribution in [-0.2, 0) is 14.4 Å². The first kappa shape index (κ1) is 26.6. The maximum atomic E-state index is 13.0. The van der Waals surface area contributed by atoms with E-state index in [2.05, 4.69) is 34.9 Å². The van der Waals surface area contributed by atoms with Gasteiger partial charge in [-0.15, -0.1) is 0 Å². The molecule has 2 aromatic carbocycles. The van der Waals surface area contributed by atoms with Gasteiger partial charge in [0.1, 0.15) is 6.04 Å². The van der Waals surface area contributed by atoms with Crippen LogP contribution in [-0.4, -0.2) is 65.0 Å². The van der Waals surface area contributed by atoms with Gasteiger partial charge in [0, 0.05) is 38.2 Å². The van der Waals surface area contributed by atoms with E-state index in [1.54, 1.807) is 18.2 Å². The molecule has 1 atom stereocenters. The van der Waals surface area contributed by atoms with Gasteiger partial charge in [-0.3, -0.25) is 34.2 Å². The van der Waals surface area contributed by atoms with Gasteiger partial charge in [-0.05, 0) is 61.8 Å². The summed E-state index contributed by atoms with van der Waals surface area (Å²) in [6, 6.07) is 14.6. The van der Waals surface area contributed by atoms with Crippen molar-refractivity contribution in [2.24, 2.45) is 0 Å². The second-order valence-electron chi connectivity index (χ2n) is 10.5. The molecule has 0 bridgehead atoms. The van der Waals surface area contributed by atoms with Crippen molar-refractivity contribution in [3.63, 3.8) is 0 Å². The highest BCUT2D eigenvalue weighted by Gasteiger charge is 2.44. The van der Waals surface area contributed by atoms with E-state index < -0.39 is 29.7 Å². The number of nitrogens with one attached hydrogen (secondary N) is 2. The molecule has 3 aliphatic heterocycles. The first-order chi connectivity index (χ1) is 18.9. The van der Waals surface area contributed by atoms with Crippen molar-refractivity contribution >= 4 is 35.2 Å². The minimum Gasteiger partial charge on any atom is -0.385 e. The number of benzene rings is 2. The fraction of sp³-hybridized carbons (Fsp3) is 0.433. The zero-order valence-electron chi connectivity index (χ0n) is 22.0. The van der Waals surface area contributed by atoms with E-state index in [0.717, 1.165) is 55.8 Å². The highest BCUT2D eigenvalue weighted by molar-refractivity contribution is 6.23. The molecule has 0 saturated carbocycles. The SMILES string of the molecule is O=C1CCC(N2C(=O)c3ccc(NCCCCCC(=O)N4CCC(c5ccccc5)CC4)cc3C2=O)C(=O)N1. The fourth-order valence-electron chi connectivity index (χ4n) is 5.74. The molecule has 5 rings (SSSR count). The van der Waals surface area contributed by atoms with Crippen molar-refractivity contribution in [1.29, 1.82) is 0 Å². The maximum absolute atomic E-state index is 13.0. The Bertz CT molecular complexity index is 1270. The molecule has 0 aliphatic carbocycles. The lowest BCUT2D eigenvalue weighted by atomic mass is 9.89. The van der Waals surface area contributed by atoms with Crippen molar-refractivity contribution in [3.05, 3.63) is 65.2 Å². The second kappa shape index (κ2) is 11.8. The molecule has 9 nitrogen and oxygen atoms in total. The van der Waals surface area contributed by atoms with E-state index in [1.165, 1.54) is 5.56 Å². The van der Waals surface area contributed by atoms with Crippen LogP contribution in [0.4, 0.5) is 5.69 Å². The Kier molecular flexibility index (Phi) is 8.05. The maximum Gasteiger partial charge on any atom is 0.262 e.